The Kier molecular flexibility index (Phi) is 16.2. The number of epoxide rings is 1. The number of halogens is 1. The van der Waals surface area contributed by atoms with Crippen LogP contribution in [0.1, 0.15) is 110 Å². The summed E-state index contributed by atoms with van der Waals surface area (Å²) in [6, 6.07) is 3.88. The van der Waals surface area contributed by atoms with Crippen molar-refractivity contribution in [1.82, 2.24) is 15.3 Å². The average molecular weight is 998 g/mol. The summed E-state index contributed by atoms with van der Waals surface area (Å²) in [7, 11) is 1.66. The van der Waals surface area contributed by atoms with Crippen LogP contribution in [0.4, 0.5) is 10.5 Å². The third kappa shape index (κ3) is 11.8. The number of alkyl carbamates (subject to hydrolysis) is 1. The van der Waals surface area contributed by atoms with Crippen LogP contribution in [0.15, 0.2) is 35.9 Å². The van der Waals surface area contributed by atoms with Crippen LogP contribution in [0.3, 0.4) is 0 Å². The number of benzene rings is 1. The third-order valence-corrected chi connectivity index (χ3v) is 16.7. The monoisotopic (exact) mass is 996 g/mol. The number of allylic oxidation sites excluding steroid dienone is 3. The number of carbonyl (C=O) groups is 8. The molecule has 7 rings (SSSR count). The summed E-state index contributed by atoms with van der Waals surface area (Å²) in [5, 5.41) is 14.8. The van der Waals surface area contributed by atoms with Gasteiger partial charge in [-0.3, -0.25) is 39.0 Å². The van der Waals surface area contributed by atoms with Gasteiger partial charge in [-0.2, -0.15) is 0 Å². The first kappa shape index (κ1) is 52.2. The zero-order valence-electron chi connectivity index (χ0n) is 40.5. The van der Waals surface area contributed by atoms with Crippen molar-refractivity contribution < 1.29 is 62.5 Å². The second-order valence-corrected chi connectivity index (χ2v) is 21.7. The Hall–Kier alpha value is -4.62. The number of hydrogen-bond acceptors (Lipinski definition) is 14. The number of carbonyl (C=O) groups excluding carboxylic acids is 8. The van der Waals surface area contributed by atoms with Gasteiger partial charge in [0.2, 0.25) is 17.7 Å². The smallest absolute Gasteiger partial charge is 0.409 e. The largest absolute Gasteiger partial charge is 0.446 e. The highest BCUT2D eigenvalue weighted by molar-refractivity contribution is 8.00. The highest BCUT2D eigenvalue weighted by Crippen LogP contribution is 2.52. The zero-order valence-corrected chi connectivity index (χ0v) is 42.0. The van der Waals surface area contributed by atoms with Crippen molar-refractivity contribution in [3.8, 4) is 0 Å². The van der Waals surface area contributed by atoms with Crippen molar-refractivity contribution in [2.45, 2.75) is 147 Å². The molecule has 0 spiro atoms. The summed E-state index contributed by atoms with van der Waals surface area (Å²) < 4.78 is 18.2. The SMILES string of the molecule is C/C1=C\C=C\[C@@H](C)[C@@]2(O)CC(OC(=O)N2)[C@@H](C)[C@@H]2O[C@@]2(C)[C@@H](CC(=O)[C@H](C)OCCSC2CC(=O)N(CC3CCC(C(=O)ON4C(=O)CCC4=O)CC3)C2=O)CC(=O)N(C)c2cc(cc(C)c2Cl)C1. The Balaban J connectivity index is 0.958. The van der Waals surface area contributed by atoms with Gasteiger partial charge in [0.1, 0.15) is 17.9 Å². The molecule has 6 aliphatic rings. The van der Waals surface area contributed by atoms with Crippen molar-refractivity contribution in [2.24, 2.45) is 29.6 Å². The van der Waals surface area contributed by atoms with Gasteiger partial charge in [-0.25, -0.2) is 9.59 Å². The van der Waals surface area contributed by atoms with Gasteiger partial charge in [-0.15, -0.1) is 16.8 Å². The van der Waals surface area contributed by atoms with E-state index in [1.54, 1.807) is 14.0 Å². The minimum absolute atomic E-state index is 0.00478. The normalized spacial score (nSPS) is 33.9. The van der Waals surface area contributed by atoms with E-state index in [0.29, 0.717) is 53.6 Å². The van der Waals surface area contributed by atoms with Crippen LogP contribution < -0.4 is 10.2 Å². The van der Waals surface area contributed by atoms with E-state index in [4.69, 9.17) is 30.6 Å². The fourth-order valence-electron chi connectivity index (χ4n) is 10.3. The molecule has 5 aliphatic heterocycles. The van der Waals surface area contributed by atoms with E-state index in [0.717, 1.165) is 16.7 Å². The third-order valence-electron chi connectivity index (χ3n) is 15.0. The number of imide groups is 2. The van der Waals surface area contributed by atoms with Gasteiger partial charge in [-0.1, -0.05) is 55.3 Å². The number of thioether (sulfide) groups is 1. The second-order valence-electron chi connectivity index (χ2n) is 20.0. The number of hydrogen-bond donors (Lipinski definition) is 2. The fraction of sp³-hybridized carbons (Fsp3) is 0.640. The Morgan fingerprint density at radius 3 is 2.39 bits per heavy atom. The standard InChI is InChI=1S/C50H65ClN4O13S/c1-27-9-8-10-29(3)50(64)25-38(66-48(63)52-50)30(4)45-49(6,67-45)35(23-42(59)53(7)36-21-33(19-27)20-28(2)44(36)51)22-37(56)31(5)65-17-18-69-39-24-43(60)54(46(39)61)26-32-11-13-34(14-12-32)47(62)68-55-40(57)15-16-41(55)58/h8-10,20-21,29-32,34-35,38-39,45,64H,11-19,22-26H2,1-7H3,(H,52,63)/b10-8+,27-9+/t29-,30-,31+,32?,34?,35+,38?,39?,45+,49+,50+/m1/s1. The molecule has 9 atom stereocenters. The number of rotatable bonds is 12. The number of fused-ring (bicyclic) bond motifs is 5. The van der Waals surface area contributed by atoms with Crippen molar-refractivity contribution in [2.75, 3.05) is 30.9 Å². The number of ether oxygens (including phenoxy) is 3. The molecule has 1 aliphatic carbocycles. The number of likely N-dealkylation sites (tertiary alicyclic amines) is 1. The summed E-state index contributed by atoms with van der Waals surface area (Å²) in [5.41, 5.74) is 0.705. The molecule has 0 aromatic heterocycles. The van der Waals surface area contributed by atoms with Gasteiger partial charge in [0.25, 0.3) is 11.8 Å². The number of aliphatic hydroxyl groups is 1. The van der Waals surface area contributed by atoms with Crippen LogP contribution in [-0.2, 0) is 59.0 Å². The lowest BCUT2D eigenvalue weighted by Crippen LogP contribution is -2.60. The molecule has 6 amide bonds. The molecule has 5 heterocycles. The molecular weight excluding hydrogens is 932 g/mol. The lowest BCUT2D eigenvalue weighted by atomic mass is 9.77. The average Bonchev–Trinajstić information content (AvgIpc) is 3.81. The van der Waals surface area contributed by atoms with Gasteiger partial charge in [-0.05, 0) is 82.9 Å². The predicted molar refractivity (Wildman–Crippen MR) is 254 cm³/mol. The predicted octanol–water partition coefficient (Wildman–Crippen LogP) is 5.93. The molecule has 2 N–H and O–H groups in total. The number of nitrogens with zero attached hydrogens (tertiary/aromatic N) is 3. The Labute approximate surface area is 412 Å². The molecule has 0 radical (unpaired) electrons. The number of amides is 6. The molecule has 69 heavy (non-hydrogen) atoms. The van der Waals surface area contributed by atoms with Gasteiger partial charge >= 0.3 is 12.1 Å². The molecule has 19 heteroatoms. The number of Topliss-reactive ketones (excluding diaryl/α,β-unsaturated/α-hetero) is 1. The van der Waals surface area contributed by atoms with Gasteiger partial charge in [0.15, 0.2) is 5.78 Å². The topological polar surface area (TPSA) is 219 Å². The first-order valence-corrected chi connectivity index (χ1v) is 25.5. The lowest BCUT2D eigenvalue weighted by molar-refractivity contribution is -0.201. The first-order chi connectivity index (χ1) is 32.6. The molecule has 376 valence electrons. The first-order valence-electron chi connectivity index (χ1n) is 24.0. The Morgan fingerprint density at radius 1 is 1.00 bits per heavy atom. The van der Waals surface area contributed by atoms with Crippen LogP contribution in [0.25, 0.3) is 0 Å². The van der Waals surface area contributed by atoms with Crippen molar-refractivity contribution in [1.29, 1.82) is 0 Å². The molecular formula is C50H65ClN4O13S. The highest BCUT2D eigenvalue weighted by atomic mass is 35.5. The van der Waals surface area contributed by atoms with Gasteiger partial charge in [0.05, 0.1) is 40.2 Å². The number of anilines is 1. The number of nitrogens with one attached hydrogen (secondary N) is 1. The van der Waals surface area contributed by atoms with Crippen LogP contribution in [0.5, 0.6) is 0 Å². The minimum Gasteiger partial charge on any atom is -0.446 e. The summed E-state index contributed by atoms with van der Waals surface area (Å²) in [5.74, 6) is -4.49. The van der Waals surface area contributed by atoms with Crippen LogP contribution in [-0.4, -0.2) is 123 Å². The van der Waals surface area contributed by atoms with Crippen molar-refractivity contribution in [3.63, 3.8) is 0 Å². The molecule has 1 saturated carbocycles. The molecule has 4 saturated heterocycles. The van der Waals surface area contributed by atoms with E-state index in [9.17, 15) is 43.5 Å². The maximum Gasteiger partial charge on any atom is 0.409 e. The minimum atomic E-state index is -1.61. The summed E-state index contributed by atoms with van der Waals surface area (Å²) in [4.78, 5) is 112. The maximum atomic E-state index is 14.3. The van der Waals surface area contributed by atoms with E-state index < -0.39 is 82.4 Å². The lowest BCUT2D eigenvalue weighted by Gasteiger charge is -2.41. The Bertz CT molecular complexity index is 2280. The summed E-state index contributed by atoms with van der Waals surface area (Å²) in [6.45, 7) is 11.4. The van der Waals surface area contributed by atoms with E-state index in [2.05, 4.69) is 5.32 Å². The van der Waals surface area contributed by atoms with Gasteiger partial charge < -0.3 is 29.1 Å². The van der Waals surface area contributed by atoms with E-state index >= 15 is 0 Å². The highest BCUT2D eigenvalue weighted by Gasteiger charge is 2.63. The van der Waals surface area contributed by atoms with Crippen molar-refractivity contribution >= 4 is 76.4 Å². The maximum absolute atomic E-state index is 14.3. The zero-order chi connectivity index (χ0) is 50.1. The van der Waals surface area contributed by atoms with Crippen LogP contribution in [0.2, 0.25) is 5.02 Å². The Morgan fingerprint density at radius 2 is 1.70 bits per heavy atom. The van der Waals surface area contributed by atoms with Gasteiger partial charge in [0, 0.05) is 75.6 Å². The summed E-state index contributed by atoms with van der Waals surface area (Å²) >= 11 is 8.13. The molecule has 2 unspecified atom stereocenters. The summed E-state index contributed by atoms with van der Waals surface area (Å²) in [6.07, 6.45) is 5.35. The quantitative estimate of drug-likeness (QED) is 0.141. The number of aryl methyl sites for hydroxylation is 1. The number of ketones is 1. The van der Waals surface area contributed by atoms with Crippen LogP contribution >= 0.6 is 23.4 Å². The van der Waals surface area contributed by atoms with E-state index in [1.165, 1.54) is 21.6 Å². The van der Waals surface area contributed by atoms with Crippen LogP contribution in [0, 0.1) is 36.5 Å². The second kappa shape index (κ2) is 21.4. The van der Waals surface area contributed by atoms with Crippen molar-refractivity contribution in [3.05, 3.63) is 52.1 Å². The van der Waals surface area contributed by atoms with E-state index in [1.807, 2.05) is 65.0 Å². The molecule has 4 bridgehead atoms. The van der Waals surface area contributed by atoms with E-state index in [-0.39, 0.29) is 81.1 Å². The number of hydroxylamine groups is 2. The molecule has 1 aromatic rings. The fourth-order valence-corrected chi connectivity index (χ4v) is 11.6. The molecule has 17 nitrogen and oxygen atoms in total. The molecule has 5 fully saturated rings. The molecule has 1 aromatic carbocycles.